The molecule has 0 aliphatic carbocycles. The Bertz CT molecular complexity index is 1140. The number of nitrogens with one attached hydrogen (secondary N) is 1. The molecule has 32 heavy (non-hydrogen) atoms. The number of benzene rings is 2. The summed E-state index contributed by atoms with van der Waals surface area (Å²) >= 11 is 0. The zero-order valence-electron chi connectivity index (χ0n) is 17.1. The monoisotopic (exact) mass is 450 g/mol. The van der Waals surface area contributed by atoms with Crippen LogP contribution in [0.5, 0.6) is 0 Å². The molecule has 0 aliphatic rings. The van der Waals surface area contributed by atoms with Crippen molar-refractivity contribution in [2.45, 2.75) is 26.7 Å². The van der Waals surface area contributed by atoms with Gasteiger partial charge in [0.1, 0.15) is 0 Å². The van der Waals surface area contributed by atoms with Crippen LogP contribution in [0.1, 0.15) is 25.1 Å². The molecule has 0 saturated heterocycles. The molecule has 5 nitrogen and oxygen atoms in total. The van der Waals surface area contributed by atoms with Gasteiger partial charge in [0.2, 0.25) is 11.7 Å². The van der Waals surface area contributed by atoms with Gasteiger partial charge < -0.3 is 11.1 Å². The van der Waals surface area contributed by atoms with E-state index in [1.54, 1.807) is 24.3 Å². The Morgan fingerprint density at radius 1 is 0.969 bits per heavy atom. The maximum absolute atomic E-state index is 13.9. The topological polar surface area (TPSA) is 80.9 Å². The molecule has 3 aromatic rings. The van der Waals surface area contributed by atoms with Gasteiger partial charge in [0, 0.05) is 16.8 Å². The second kappa shape index (κ2) is 9.29. The summed E-state index contributed by atoms with van der Waals surface area (Å²) in [6.07, 6.45) is 0.728. The molecule has 1 amide bonds. The highest BCUT2D eigenvalue weighted by Gasteiger charge is 2.27. The van der Waals surface area contributed by atoms with Gasteiger partial charge in [-0.2, -0.15) is 0 Å². The minimum Gasteiger partial charge on any atom is -0.399 e. The SMILES string of the molecule is CC(C)Cc1nc(-c2ccc(N)cc2)cnc1NC(=O)Cc1c(F)c(F)c(F)c(F)c1F. The van der Waals surface area contributed by atoms with Gasteiger partial charge in [-0.1, -0.05) is 26.0 Å². The Morgan fingerprint density at radius 3 is 2.09 bits per heavy atom. The highest BCUT2D eigenvalue weighted by atomic mass is 19.2. The van der Waals surface area contributed by atoms with Crippen LogP contribution in [0.15, 0.2) is 30.5 Å². The molecule has 10 heteroatoms. The van der Waals surface area contributed by atoms with E-state index in [0.717, 1.165) is 5.56 Å². The van der Waals surface area contributed by atoms with Crippen molar-refractivity contribution < 1.29 is 26.7 Å². The van der Waals surface area contributed by atoms with Gasteiger partial charge in [-0.3, -0.25) is 4.79 Å². The van der Waals surface area contributed by atoms with Crippen LogP contribution in [-0.4, -0.2) is 15.9 Å². The number of aromatic nitrogens is 2. The Morgan fingerprint density at radius 2 is 1.53 bits per heavy atom. The molecule has 0 saturated carbocycles. The summed E-state index contributed by atoms with van der Waals surface area (Å²) in [4.78, 5) is 21.1. The van der Waals surface area contributed by atoms with E-state index in [9.17, 15) is 26.7 Å². The summed E-state index contributed by atoms with van der Waals surface area (Å²) in [7, 11) is 0. The molecule has 0 bridgehead atoms. The average Bonchev–Trinajstić information content (AvgIpc) is 2.75. The number of halogens is 5. The molecule has 3 rings (SSSR count). The highest BCUT2D eigenvalue weighted by molar-refractivity contribution is 5.92. The van der Waals surface area contributed by atoms with Gasteiger partial charge in [0.25, 0.3) is 0 Å². The number of hydrogen-bond donors (Lipinski definition) is 2. The Hall–Kier alpha value is -3.56. The Kier molecular flexibility index (Phi) is 6.71. The number of nitrogens with two attached hydrogens (primary N) is 1. The minimum atomic E-state index is -2.28. The van der Waals surface area contributed by atoms with E-state index in [2.05, 4.69) is 15.3 Å². The van der Waals surface area contributed by atoms with Crippen LogP contribution in [-0.2, 0) is 17.6 Å². The smallest absolute Gasteiger partial charge is 0.230 e. The van der Waals surface area contributed by atoms with Gasteiger partial charge in [-0.25, -0.2) is 31.9 Å². The molecule has 0 spiro atoms. The van der Waals surface area contributed by atoms with E-state index in [-0.39, 0.29) is 11.7 Å². The van der Waals surface area contributed by atoms with Crippen LogP contribution in [0.25, 0.3) is 11.3 Å². The molecule has 0 aliphatic heterocycles. The Balaban J connectivity index is 1.89. The average molecular weight is 450 g/mol. The number of amides is 1. The van der Waals surface area contributed by atoms with Gasteiger partial charge in [-0.15, -0.1) is 0 Å². The summed E-state index contributed by atoms with van der Waals surface area (Å²) < 4.78 is 67.8. The van der Waals surface area contributed by atoms with Crippen LogP contribution < -0.4 is 11.1 Å². The second-order valence-corrected chi connectivity index (χ2v) is 7.54. The zero-order chi connectivity index (χ0) is 23.6. The lowest BCUT2D eigenvalue weighted by Crippen LogP contribution is -2.20. The number of carbonyl (C=O) groups excluding carboxylic acids is 1. The van der Waals surface area contributed by atoms with E-state index in [0.29, 0.717) is 23.5 Å². The molecule has 1 heterocycles. The fraction of sp³-hybridized carbons (Fsp3) is 0.227. The van der Waals surface area contributed by atoms with Crippen molar-refractivity contribution >= 4 is 17.4 Å². The van der Waals surface area contributed by atoms with Crippen molar-refractivity contribution in [2.75, 3.05) is 11.1 Å². The summed E-state index contributed by atoms with van der Waals surface area (Å²) in [6.45, 7) is 3.83. The summed E-state index contributed by atoms with van der Waals surface area (Å²) in [6, 6.07) is 6.89. The molecule has 0 radical (unpaired) electrons. The lowest BCUT2D eigenvalue weighted by molar-refractivity contribution is -0.115. The standard InChI is InChI=1S/C22H19F5N4O/c1-10(2)7-14-22(29-9-15(30-14)11-3-5-12(28)6-4-11)31-16(32)8-13-17(23)19(25)21(27)20(26)18(13)24/h3-6,9-10H,7-8,28H2,1-2H3,(H,29,31,32). The summed E-state index contributed by atoms with van der Waals surface area (Å²) in [5.41, 5.74) is 6.68. The second-order valence-electron chi connectivity index (χ2n) is 7.54. The van der Waals surface area contributed by atoms with Crippen molar-refractivity contribution in [2.24, 2.45) is 5.92 Å². The summed E-state index contributed by atoms with van der Waals surface area (Å²) in [5, 5.41) is 2.36. The zero-order valence-corrected chi connectivity index (χ0v) is 17.1. The molecular weight excluding hydrogens is 431 g/mol. The van der Waals surface area contributed by atoms with Crippen molar-refractivity contribution in [1.29, 1.82) is 0 Å². The lowest BCUT2D eigenvalue weighted by Gasteiger charge is -2.14. The van der Waals surface area contributed by atoms with Crippen LogP contribution in [0.4, 0.5) is 33.5 Å². The maximum atomic E-state index is 13.9. The van der Waals surface area contributed by atoms with Crippen LogP contribution >= 0.6 is 0 Å². The fourth-order valence-corrected chi connectivity index (χ4v) is 3.00. The molecule has 1 aromatic heterocycles. The normalized spacial score (nSPS) is 11.1. The van der Waals surface area contributed by atoms with Crippen LogP contribution in [0, 0.1) is 35.0 Å². The van der Waals surface area contributed by atoms with Gasteiger partial charge in [0.15, 0.2) is 29.1 Å². The number of hydrogen-bond acceptors (Lipinski definition) is 4. The molecule has 168 valence electrons. The molecule has 3 N–H and O–H groups in total. The largest absolute Gasteiger partial charge is 0.399 e. The third kappa shape index (κ3) is 4.84. The lowest BCUT2D eigenvalue weighted by atomic mass is 10.1. The minimum absolute atomic E-state index is 0.0340. The van der Waals surface area contributed by atoms with Crippen LogP contribution in [0.2, 0.25) is 0 Å². The van der Waals surface area contributed by atoms with Gasteiger partial charge in [0.05, 0.1) is 24.0 Å². The predicted octanol–water partition coefficient (Wildman–Crippen LogP) is 4.80. The van der Waals surface area contributed by atoms with Crippen molar-refractivity contribution in [3.8, 4) is 11.3 Å². The van der Waals surface area contributed by atoms with Gasteiger partial charge >= 0.3 is 0 Å². The first kappa shape index (κ1) is 23.1. The first-order valence-electron chi connectivity index (χ1n) is 9.60. The van der Waals surface area contributed by atoms with Crippen LogP contribution in [0.3, 0.4) is 0 Å². The van der Waals surface area contributed by atoms with Gasteiger partial charge in [-0.05, 0) is 24.5 Å². The summed E-state index contributed by atoms with van der Waals surface area (Å²) in [5.74, 6) is -11.5. The van der Waals surface area contributed by atoms with E-state index in [1.165, 1.54) is 6.20 Å². The number of carbonyl (C=O) groups is 1. The first-order chi connectivity index (χ1) is 15.1. The molecule has 0 fully saturated rings. The number of anilines is 2. The molecule has 0 unspecified atom stereocenters. The van der Waals surface area contributed by atoms with Crippen molar-refractivity contribution in [3.05, 3.63) is 70.8 Å². The molecular formula is C22H19F5N4O. The third-order valence-corrected chi connectivity index (χ3v) is 4.55. The van der Waals surface area contributed by atoms with Crippen molar-refractivity contribution in [1.82, 2.24) is 9.97 Å². The number of nitrogen functional groups attached to an aromatic ring is 1. The fourth-order valence-electron chi connectivity index (χ4n) is 3.00. The first-order valence-corrected chi connectivity index (χ1v) is 9.60. The number of nitrogens with zero attached hydrogens (tertiary/aromatic N) is 2. The highest BCUT2D eigenvalue weighted by Crippen LogP contribution is 2.25. The third-order valence-electron chi connectivity index (χ3n) is 4.55. The van der Waals surface area contributed by atoms with E-state index >= 15 is 0 Å². The quantitative estimate of drug-likeness (QED) is 0.245. The maximum Gasteiger partial charge on any atom is 0.230 e. The number of rotatable bonds is 6. The Labute approximate surface area is 180 Å². The molecule has 0 atom stereocenters. The van der Waals surface area contributed by atoms with E-state index < -0.39 is 47.0 Å². The van der Waals surface area contributed by atoms with E-state index in [4.69, 9.17) is 5.73 Å². The predicted molar refractivity (Wildman–Crippen MR) is 109 cm³/mol. The van der Waals surface area contributed by atoms with Crippen molar-refractivity contribution in [3.63, 3.8) is 0 Å². The molecule has 2 aromatic carbocycles. The van der Waals surface area contributed by atoms with E-state index in [1.807, 2.05) is 13.8 Å².